The minimum atomic E-state index is 0.00569. The number of aliphatic imine (C=N–C) groups is 1. The third-order valence-electron chi connectivity index (χ3n) is 2.46. The van der Waals surface area contributed by atoms with Gasteiger partial charge in [0.25, 0.3) is 0 Å². The molecular weight excluding hydrogens is 190 g/mol. The Hall–Kier alpha value is -1.35. The first-order valence-corrected chi connectivity index (χ1v) is 5.06. The molecule has 0 spiro atoms. The van der Waals surface area contributed by atoms with Crippen LogP contribution in [0, 0.1) is 0 Å². The Labute approximate surface area is 89.7 Å². The number of methoxy groups -OCH3 is 1. The Kier molecular flexibility index (Phi) is 3.02. The van der Waals surface area contributed by atoms with Crippen molar-refractivity contribution in [2.24, 2.45) is 4.99 Å². The average molecular weight is 205 g/mol. The average Bonchev–Trinajstić information content (AvgIpc) is 2.62. The number of ether oxygens (including phenoxy) is 2. The van der Waals surface area contributed by atoms with Crippen molar-refractivity contribution < 1.29 is 9.47 Å². The van der Waals surface area contributed by atoms with E-state index in [0.29, 0.717) is 6.61 Å². The molecule has 0 fully saturated rings. The Morgan fingerprint density at radius 3 is 2.73 bits per heavy atom. The van der Waals surface area contributed by atoms with E-state index in [1.807, 2.05) is 25.1 Å². The summed E-state index contributed by atoms with van der Waals surface area (Å²) in [4.78, 5) is 4.41. The van der Waals surface area contributed by atoms with Crippen molar-refractivity contribution in [3.05, 3.63) is 35.9 Å². The van der Waals surface area contributed by atoms with Crippen molar-refractivity contribution in [2.45, 2.75) is 19.1 Å². The highest BCUT2D eigenvalue weighted by molar-refractivity contribution is 5.75. The molecule has 0 aromatic heterocycles. The summed E-state index contributed by atoms with van der Waals surface area (Å²) in [5.41, 5.74) is 1.15. The molecule has 0 unspecified atom stereocenters. The van der Waals surface area contributed by atoms with Gasteiger partial charge in [-0.15, -0.1) is 0 Å². The summed E-state index contributed by atoms with van der Waals surface area (Å²) in [7, 11) is 1.69. The minimum Gasteiger partial charge on any atom is -0.471 e. The van der Waals surface area contributed by atoms with E-state index in [0.717, 1.165) is 11.5 Å². The Morgan fingerprint density at radius 1 is 1.33 bits per heavy atom. The van der Waals surface area contributed by atoms with Crippen LogP contribution in [0.15, 0.2) is 35.3 Å². The molecule has 3 nitrogen and oxygen atoms in total. The summed E-state index contributed by atoms with van der Waals surface area (Å²) in [5, 5.41) is 0. The summed E-state index contributed by atoms with van der Waals surface area (Å²) >= 11 is 0. The Bertz CT molecular complexity index is 348. The molecular formula is C12H15NO2. The van der Waals surface area contributed by atoms with Crippen molar-refractivity contribution >= 4 is 5.90 Å². The third kappa shape index (κ3) is 2.18. The van der Waals surface area contributed by atoms with Crippen LogP contribution < -0.4 is 0 Å². The summed E-state index contributed by atoms with van der Waals surface area (Å²) in [6.45, 7) is 2.47. The Morgan fingerprint density at radius 2 is 2.07 bits per heavy atom. The van der Waals surface area contributed by atoms with Crippen molar-refractivity contribution in [1.82, 2.24) is 0 Å². The lowest BCUT2D eigenvalue weighted by Gasteiger charge is -2.16. The summed E-state index contributed by atoms with van der Waals surface area (Å²) in [5.74, 6) is 0.742. The normalized spacial score (nSPS) is 24.8. The molecule has 1 aliphatic heterocycles. The molecule has 0 N–H and O–H groups in total. The van der Waals surface area contributed by atoms with Gasteiger partial charge < -0.3 is 9.47 Å². The zero-order chi connectivity index (χ0) is 10.7. The maximum atomic E-state index is 5.68. The number of benzene rings is 1. The number of rotatable bonds is 3. The fourth-order valence-corrected chi connectivity index (χ4v) is 1.82. The predicted molar refractivity (Wildman–Crippen MR) is 59.0 cm³/mol. The fraction of sp³-hybridized carbons (Fsp3) is 0.417. The summed E-state index contributed by atoms with van der Waals surface area (Å²) in [6.07, 6.45) is 0.00569. The second-order valence-corrected chi connectivity index (χ2v) is 3.62. The first-order valence-electron chi connectivity index (χ1n) is 5.06. The molecule has 1 aliphatic rings. The molecule has 0 amide bonds. The number of hydrogen-bond donors (Lipinski definition) is 0. The molecule has 2 atom stereocenters. The highest BCUT2D eigenvalue weighted by atomic mass is 16.5. The van der Waals surface area contributed by atoms with Crippen LogP contribution in [0.4, 0.5) is 0 Å². The first-order chi connectivity index (χ1) is 7.31. The van der Waals surface area contributed by atoms with Gasteiger partial charge in [-0.25, -0.2) is 4.99 Å². The highest BCUT2D eigenvalue weighted by Gasteiger charge is 2.30. The molecule has 1 heterocycles. The minimum absolute atomic E-state index is 0.00569. The molecule has 1 aromatic carbocycles. The van der Waals surface area contributed by atoms with Crippen molar-refractivity contribution in [3.8, 4) is 0 Å². The van der Waals surface area contributed by atoms with Crippen LogP contribution in [-0.2, 0) is 9.47 Å². The molecule has 2 rings (SSSR count). The Balaban J connectivity index is 2.16. The van der Waals surface area contributed by atoms with Crippen LogP contribution in [0.2, 0.25) is 0 Å². The summed E-state index contributed by atoms with van der Waals surface area (Å²) < 4.78 is 10.8. The smallest absolute Gasteiger partial charge is 0.181 e. The predicted octanol–water partition coefficient (Wildman–Crippen LogP) is 2.19. The molecule has 3 heteroatoms. The van der Waals surface area contributed by atoms with Crippen LogP contribution in [0.1, 0.15) is 18.6 Å². The van der Waals surface area contributed by atoms with Gasteiger partial charge >= 0.3 is 0 Å². The van der Waals surface area contributed by atoms with E-state index in [1.54, 1.807) is 7.11 Å². The van der Waals surface area contributed by atoms with E-state index in [9.17, 15) is 0 Å². The SMILES string of the molecule is COC[C@@H]1N=C(C)O[C@@H]1c1ccccc1. The van der Waals surface area contributed by atoms with Crippen LogP contribution in [0.25, 0.3) is 0 Å². The standard InChI is InChI=1S/C12H15NO2/c1-9-13-11(8-14-2)12(15-9)10-6-4-3-5-7-10/h3-7,11-12H,8H2,1-2H3/t11-,12+/m0/s1. The van der Waals surface area contributed by atoms with Gasteiger partial charge in [-0.1, -0.05) is 30.3 Å². The van der Waals surface area contributed by atoms with Gasteiger partial charge in [0.2, 0.25) is 0 Å². The second-order valence-electron chi connectivity index (χ2n) is 3.62. The zero-order valence-electron chi connectivity index (χ0n) is 9.01. The van der Waals surface area contributed by atoms with Crippen molar-refractivity contribution in [3.63, 3.8) is 0 Å². The zero-order valence-corrected chi connectivity index (χ0v) is 9.01. The van der Waals surface area contributed by atoms with Crippen LogP contribution in [0.5, 0.6) is 0 Å². The third-order valence-corrected chi connectivity index (χ3v) is 2.46. The van der Waals surface area contributed by atoms with Gasteiger partial charge in [0.05, 0.1) is 6.61 Å². The van der Waals surface area contributed by atoms with Gasteiger partial charge in [0.1, 0.15) is 12.1 Å². The van der Waals surface area contributed by atoms with E-state index in [-0.39, 0.29) is 12.1 Å². The van der Waals surface area contributed by atoms with Gasteiger partial charge in [0.15, 0.2) is 5.90 Å². The van der Waals surface area contributed by atoms with Gasteiger partial charge in [-0.05, 0) is 5.56 Å². The molecule has 1 aromatic rings. The van der Waals surface area contributed by atoms with Crippen molar-refractivity contribution in [2.75, 3.05) is 13.7 Å². The van der Waals surface area contributed by atoms with E-state index in [2.05, 4.69) is 17.1 Å². The molecule has 80 valence electrons. The van der Waals surface area contributed by atoms with Crippen molar-refractivity contribution in [1.29, 1.82) is 0 Å². The summed E-state index contributed by atoms with van der Waals surface area (Å²) in [6, 6.07) is 10.2. The molecule has 0 saturated heterocycles. The van der Waals surface area contributed by atoms with E-state index in [4.69, 9.17) is 9.47 Å². The monoisotopic (exact) mass is 205 g/mol. The number of hydrogen-bond acceptors (Lipinski definition) is 3. The lowest BCUT2D eigenvalue weighted by molar-refractivity contribution is 0.119. The van der Waals surface area contributed by atoms with Crippen LogP contribution in [0.3, 0.4) is 0 Å². The second kappa shape index (κ2) is 4.45. The van der Waals surface area contributed by atoms with Crippen LogP contribution >= 0.6 is 0 Å². The number of nitrogens with zero attached hydrogens (tertiary/aromatic N) is 1. The van der Waals surface area contributed by atoms with Gasteiger partial charge in [0, 0.05) is 14.0 Å². The molecule has 0 saturated carbocycles. The molecule has 0 radical (unpaired) electrons. The van der Waals surface area contributed by atoms with Gasteiger partial charge in [-0.2, -0.15) is 0 Å². The van der Waals surface area contributed by atoms with Gasteiger partial charge in [-0.3, -0.25) is 0 Å². The first kappa shape index (κ1) is 10.2. The van der Waals surface area contributed by atoms with Crippen LogP contribution in [-0.4, -0.2) is 25.7 Å². The lowest BCUT2D eigenvalue weighted by atomic mass is 10.0. The molecule has 0 aliphatic carbocycles. The topological polar surface area (TPSA) is 30.8 Å². The van der Waals surface area contributed by atoms with E-state index in [1.165, 1.54) is 0 Å². The highest BCUT2D eigenvalue weighted by Crippen LogP contribution is 2.28. The van der Waals surface area contributed by atoms with E-state index < -0.39 is 0 Å². The largest absolute Gasteiger partial charge is 0.471 e. The molecule has 0 bridgehead atoms. The van der Waals surface area contributed by atoms with E-state index >= 15 is 0 Å². The lowest BCUT2D eigenvalue weighted by Crippen LogP contribution is -2.19. The maximum absolute atomic E-state index is 5.68. The maximum Gasteiger partial charge on any atom is 0.181 e. The fourth-order valence-electron chi connectivity index (χ4n) is 1.82. The quantitative estimate of drug-likeness (QED) is 0.757. The molecule has 15 heavy (non-hydrogen) atoms.